The van der Waals surface area contributed by atoms with Crippen LogP contribution in [0.15, 0.2) is 77.7 Å². The number of ether oxygens (including phenoxy) is 2. The highest BCUT2D eigenvalue weighted by atomic mass is 32.2. The number of carbonyl (C=O) groups excluding carboxylic acids is 2. The molecule has 0 aliphatic rings. The lowest BCUT2D eigenvalue weighted by Gasteiger charge is -2.23. The molecule has 3 aromatic rings. The molecule has 36 heavy (non-hydrogen) atoms. The first-order chi connectivity index (χ1) is 17.0. The van der Waals surface area contributed by atoms with Gasteiger partial charge in [0, 0.05) is 5.69 Å². The average molecular weight is 511 g/mol. The first-order valence-corrected chi connectivity index (χ1v) is 12.9. The summed E-state index contributed by atoms with van der Waals surface area (Å²) in [4.78, 5) is 24.4. The molecule has 190 valence electrons. The Labute approximate surface area is 211 Å². The number of anilines is 1. The molecular formula is C27H30N2O6S. The number of hydrogen-bond acceptors (Lipinski definition) is 6. The summed E-state index contributed by atoms with van der Waals surface area (Å²) < 4.78 is 36.9. The fourth-order valence-electron chi connectivity index (χ4n) is 3.24. The molecule has 0 aromatic heterocycles. The minimum atomic E-state index is -3.71. The van der Waals surface area contributed by atoms with E-state index in [1.165, 1.54) is 36.9 Å². The van der Waals surface area contributed by atoms with Crippen LogP contribution in [-0.2, 0) is 25.0 Å². The lowest BCUT2D eigenvalue weighted by Crippen LogP contribution is -2.21. The minimum Gasteiger partial charge on any atom is -0.457 e. The zero-order valence-electron chi connectivity index (χ0n) is 20.7. The Kier molecular flexibility index (Phi) is 8.49. The van der Waals surface area contributed by atoms with Crippen LogP contribution in [0.4, 0.5) is 5.69 Å². The Morgan fingerprint density at radius 3 is 2.11 bits per heavy atom. The van der Waals surface area contributed by atoms with E-state index in [1.54, 1.807) is 24.3 Å². The van der Waals surface area contributed by atoms with E-state index in [-0.39, 0.29) is 15.9 Å². The van der Waals surface area contributed by atoms with Crippen molar-refractivity contribution in [2.45, 2.75) is 37.5 Å². The summed E-state index contributed by atoms with van der Waals surface area (Å²) >= 11 is 0. The van der Waals surface area contributed by atoms with E-state index in [2.05, 4.69) is 42.9 Å². The van der Waals surface area contributed by atoms with Gasteiger partial charge in [-0.1, -0.05) is 39.0 Å². The quantitative estimate of drug-likeness (QED) is 0.377. The molecular weight excluding hydrogens is 480 g/mol. The summed E-state index contributed by atoms with van der Waals surface area (Å²) in [5, 5.41) is 2.64. The summed E-state index contributed by atoms with van der Waals surface area (Å²) in [6.07, 6.45) is 1.04. The fraction of sp³-hybridized carbons (Fsp3) is 0.259. The Morgan fingerprint density at radius 2 is 1.53 bits per heavy atom. The zero-order chi connectivity index (χ0) is 26.3. The average Bonchev–Trinajstić information content (AvgIpc) is 2.88. The summed E-state index contributed by atoms with van der Waals surface area (Å²) in [6, 6.07) is 20.1. The van der Waals surface area contributed by atoms with E-state index in [0.29, 0.717) is 17.2 Å². The highest BCUT2D eigenvalue weighted by Crippen LogP contribution is 2.30. The lowest BCUT2D eigenvalue weighted by molar-refractivity contribution is -0.119. The molecule has 3 aromatic carbocycles. The predicted molar refractivity (Wildman–Crippen MR) is 138 cm³/mol. The van der Waals surface area contributed by atoms with Gasteiger partial charge in [0.15, 0.2) is 6.61 Å². The molecule has 9 heteroatoms. The predicted octanol–water partition coefficient (Wildman–Crippen LogP) is 4.87. The fourth-order valence-corrected chi connectivity index (χ4v) is 4.02. The van der Waals surface area contributed by atoms with Crippen molar-refractivity contribution in [1.29, 1.82) is 0 Å². The number of esters is 1. The van der Waals surface area contributed by atoms with Crippen molar-refractivity contribution in [2.75, 3.05) is 19.0 Å². The third-order valence-corrected chi connectivity index (χ3v) is 7.29. The van der Waals surface area contributed by atoms with E-state index in [1.807, 2.05) is 12.1 Å². The molecule has 0 bridgehead atoms. The molecule has 0 saturated heterocycles. The molecule has 0 heterocycles. The molecule has 0 unspecified atom stereocenters. The van der Waals surface area contributed by atoms with Gasteiger partial charge < -0.3 is 14.8 Å². The SMILES string of the molecule is CCC(C)(C)c1ccc(Oc2ccc(NC(=O)COC(=O)c3cccc(S(=O)(=O)NC)c3)cc2)cc1. The van der Waals surface area contributed by atoms with Crippen molar-refractivity contribution in [2.24, 2.45) is 0 Å². The Balaban J connectivity index is 1.53. The number of amides is 1. The van der Waals surface area contributed by atoms with Crippen LogP contribution in [0.2, 0.25) is 0 Å². The zero-order valence-corrected chi connectivity index (χ0v) is 21.5. The van der Waals surface area contributed by atoms with Gasteiger partial charge >= 0.3 is 5.97 Å². The Hall–Kier alpha value is -3.69. The van der Waals surface area contributed by atoms with Gasteiger partial charge in [0.2, 0.25) is 10.0 Å². The molecule has 0 spiro atoms. The van der Waals surface area contributed by atoms with Crippen molar-refractivity contribution in [1.82, 2.24) is 4.72 Å². The van der Waals surface area contributed by atoms with Gasteiger partial charge in [-0.2, -0.15) is 0 Å². The number of nitrogens with one attached hydrogen (secondary N) is 2. The second-order valence-corrected chi connectivity index (χ2v) is 10.6. The highest BCUT2D eigenvalue weighted by Gasteiger charge is 2.18. The van der Waals surface area contributed by atoms with Gasteiger partial charge in [-0.3, -0.25) is 4.79 Å². The smallest absolute Gasteiger partial charge is 0.338 e. The molecule has 0 fully saturated rings. The molecule has 0 saturated carbocycles. The molecule has 0 aliphatic heterocycles. The third-order valence-electron chi connectivity index (χ3n) is 5.88. The van der Waals surface area contributed by atoms with Crippen LogP contribution >= 0.6 is 0 Å². The van der Waals surface area contributed by atoms with Crippen LogP contribution in [0.25, 0.3) is 0 Å². The summed E-state index contributed by atoms with van der Waals surface area (Å²) in [5.74, 6) is -0.0280. The van der Waals surface area contributed by atoms with Gasteiger partial charge in [0.1, 0.15) is 11.5 Å². The standard InChI is InChI=1S/C27H30N2O6S/c1-5-27(2,3)20-9-13-22(14-10-20)35-23-15-11-21(12-16-23)29-25(30)18-34-26(31)19-7-6-8-24(17-19)36(32,33)28-4/h6-17,28H,5,18H2,1-4H3,(H,29,30). The van der Waals surface area contributed by atoms with E-state index >= 15 is 0 Å². The number of carbonyl (C=O) groups is 2. The lowest BCUT2D eigenvalue weighted by atomic mass is 9.82. The topological polar surface area (TPSA) is 111 Å². The molecule has 0 atom stereocenters. The summed E-state index contributed by atoms with van der Waals surface area (Å²) in [6.45, 7) is 6.03. The molecule has 0 aliphatic carbocycles. The number of benzene rings is 3. The maximum absolute atomic E-state index is 12.2. The molecule has 0 radical (unpaired) electrons. The van der Waals surface area contributed by atoms with Crippen molar-refractivity contribution in [3.05, 3.63) is 83.9 Å². The Morgan fingerprint density at radius 1 is 0.917 bits per heavy atom. The van der Waals surface area contributed by atoms with E-state index in [0.717, 1.165) is 6.42 Å². The van der Waals surface area contributed by atoms with E-state index in [9.17, 15) is 18.0 Å². The Bertz CT molecular complexity index is 1320. The first kappa shape index (κ1) is 26.9. The maximum Gasteiger partial charge on any atom is 0.338 e. The van der Waals surface area contributed by atoms with Gasteiger partial charge in [0.25, 0.3) is 5.91 Å². The van der Waals surface area contributed by atoms with Crippen molar-refractivity contribution >= 4 is 27.6 Å². The van der Waals surface area contributed by atoms with Gasteiger partial charge in [-0.25, -0.2) is 17.9 Å². The third kappa shape index (κ3) is 6.93. The van der Waals surface area contributed by atoms with Crippen LogP contribution in [-0.4, -0.2) is 33.9 Å². The van der Waals surface area contributed by atoms with E-state index in [4.69, 9.17) is 9.47 Å². The van der Waals surface area contributed by atoms with Crippen LogP contribution in [0.3, 0.4) is 0 Å². The molecule has 8 nitrogen and oxygen atoms in total. The van der Waals surface area contributed by atoms with Crippen molar-refractivity contribution < 1.29 is 27.5 Å². The van der Waals surface area contributed by atoms with Crippen LogP contribution in [0.1, 0.15) is 43.1 Å². The van der Waals surface area contributed by atoms with Crippen LogP contribution < -0.4 is 14.8 Å². The van der Waals surface area contributed by atoms with Crippen LogP contribution in [0.5, 0.6) is 11.5 Å². The second-order valence-electron chi connectivity index (χ2n) is 8.75. The second kappa shape index (κ2) is 11.4. The van der Waals surface area contributed by atoms with Crippen molar-refractivity contribution in [3.8, 4) is 11.5 Å². The first-order valence-electron chi connectivity index (χ1n) is 11.4. The molecule has 3 rings (SSSR count). The van der Waals surface area contributed by atoms with Gasteiger partial charge in [-0.05, 0) is 79.0 Å². The van der Waals surface area contributed by atoms with Crippen LogP contribution in [0, 0.1) is 0 Å². The highest BCUT2D eigenvalue weighted by molar-refractivity contribution is 7.89. The van der Waals surface area contributed by atoms with Crippen molar-refractivity contribution in [3.63, 3.8) is 0 Å². The molecule has 2 N–H and O–H groups in total. The van der Waals surface area contributed by atoms with Gasteiger partial charge in [-0.15, -0.1) is 0 Å². The molecule has 1 amide bonds. The summed E-state index contributed by atoms with van der Waals surface area (Å²) in [5.41, 5.74) is 1.87. The van der Waals surface area contributed by atoms with Gasteiger partial charge in [0.05, 0.1) is 10.5 Å². The summed E-state index contributed by atoms with van der Waals surface area (Å²) in [7, 11) is -2.43. The number of sulfonamides is 1. The largest absolute Gasteiger partial charge is 0.457 e. The maximum atomic E-state index is 12.2. The normalized spacial score (nSPS) is 11.6. The number of rotatable bonds is 10. The monoisotopic (exact) mass is 510 g/mol. The number of hydrogen-bond donors (Lipinski definition) is 2. The minimum absolute atomic E-state index is 0.0203. The van der Waals surface area contributed by atoms with E-state index < -0.39 is 28.5 Å².